The number of ether oxygens (including phenoxy) is 1. The molecule has 3 aliphatic rings. The van der Waals surface area contributed by atoms with Crippen LogP contribution < -0.4 is 10.6 Å². The normalized spacial score (nSPS) is 29.3. The summed E-state index contributed by atoms with van der Waals surface area (Å²) < 4.78 is 4.68. The predicted octanol–water partition coefficient (Wildman–Crippen LogP) is -0.621. The number of likely N-dealkylation sites (N-methyl/N-ethyl adjacent to an activating group) is 1. The highest BCUT2D eigenvalue weighted by Gasteiger charge is 2.60. The summed E-state index contributed by atoms with van der Waals surface area (Å²) in [6, 6.07) is -1.43. The third kappa shape index (κ3) is 4.58. The largest absolute Gasteiger partial charge is 0.477 e. The summed E-state index contributed by atoms with van der Waals surface area (Å²) in [7, 11) is 3.38. The Hall–Kier alpha value is -2.60. The van der Waals surface area contributed by atoms with Crippen LogP contribution >= 0.6 is 11.8 Å². The molecule has 2 saturated heterocycles. The molecule has 0 spiro atoms. The maximum atomic E-state index is 12.9. The summed E-state index contributed by atoms with van der Waals surface area (Å²) >= 11 is 1.39. The second kappa shape index (κ2) is 9.72. The highest BCUT2D eigenvalue weighted by Crippen LogP contribution is 2.51. The number of thioether (sulfide) groups is 1. The number of carbonyl (C=O) groups is 5. The lowest BCUT2D eigenvalue weighted by Crippen LogP contribution is -2.66. The van der Waals surface area contributed by atoms with E-state index in [1.165, 1.54) is 21.6 Å². The maximum Gasteiger partial charge on any atom is 0.396 e. The molecule has 3 heterocycles. The second-order valence-electron chi connectivity index (χ2n) is 8.68. The van der Waals surface area contributed by atoms with Crippen molar-refractivity contribution in [1.29, 1.82) is 0 Å². The predicted molar refractivity (Wildman–Crippen MR) is 119 cm³/mol. The first-order valence-electron chi connectivity index (χ1n) is 10.9. The lowest BCUT2D eigenvalue weighted by atomic mass is 9.78. The van der Waals surface area contributed by atoms with Crippen LogP contribution in [-0.2, 0) is 28.7 Å². The first-order chi connectivity index (χ1) is 15.5. The van der Waals surface area contributed by atoms with Gasteiger partial charge in [0.25, 0.3) is 0 Å². The first-order valence-corrected chi connectivity index (χ1v) is 11.8. The lowest BCUT2D eigenvalue weighted by molar-refractivity contribution is -0.160. The van der Waals surface area contributed by atoms with Gasteiger partial charge in [0.15, 0.2) is 0 Å². The summed E-state index contributed by atoms with van der Waals surface area (Å²) in [6.45, 7) is 5.67. The fraction of sp³-hybridized carbons (Fsp3) is 0.667. The molecule has 0 aromatic rings. The Labute approximate surface area is 196 Å². The van der Waals surface area contributed by atoms with Crippen LogP contribution in [0.1, 0.15) is 27.2 Å². The summed E-state index contributed by atoms with van der Waals surface area (Å²) in [5, 5.41) is 15.5. The quantitative estimate of drug-likeness (QED) is 0.245. The molecule has 3 rings (SSSR count). The van der Waals surface area contributed by atoms with Crippen LogP contribution in [0, 0.1) is 11.8 Å². The second-order valence-corrected chi connectivity index (χ2v) is 10.0. The van der Waals surface area contributed by atoms with Gasteiger partial charge in [0.05, 0.1) is 24.6 Å². The minimum Gasteiger partial charge on any atom is -0.477 e. The van der Waals surface area contributed by atoms with Gasteiger partial charge >= 0.3 is 17.8 Å². The molecule has 3 aliphatic heterocycles. The van der Waals surface area contributed by atoms with Gasteiger partial charge in [0.2, 0.25) is 11.8 Å². The third-order valence-corrected chi connectivity index (χ3v) is 7.78. The van der Waals surface area contributed by atoms with Crippen LogP contribution in [0.2, 0.25) is 0 Å². The molecule has 0 aromatic carbocycles. The van der Waals surface area contributed by atoms with Crippen LogP contribution in [-0.4, -0.2) is 95.2 Å². The van der Waals surface area contributed by atoms with Gasteiger partial charge in [0, 0.05) is 42.8 Å². The number of carboxylic acid groups (broad SMARTS) is 1. The van der Waals surface area contributed by atoms with Crippen LogP contribution in [0.4, 0.5) is 0 Å². The van der Waals surface area contributed by atoms with Crippen LogP contribution in [0.15, 0.2) is 10.6 Å². The minimum absolute atomic E-state index is 0.0149. The lowest BCUT2D eigenvalue weighted by Gasteiger charge is -2.47. The molecule has 3 N–H and O–H groups in total. The van der Waals surface area contributed by atoms with Crippen LogP contribution in [0.25, 0.3) is 0 Å². The molecule has 0 unspecified atom stereocenters. The van der Waals surface area contributed by atoms with E-state index in [9.17, 15) is 29.1 Å². The number of nitrogens with zero attached hydrogens (tertiary/aromatic N) is 2. The minimum atomic E-state index is -1.19. The molecule has 182 valence electrons. The summed E-state index contributed by atoms with van der Waals surface area (Å²) in [4.78, 5) is 64.3. The molecule has 0 aromatic heterocycles. The molecular formula is C21H30N4O7S. The smallest absolute Gasteiger partial charge is 0.396 e. The molecule has 2 fully saturated rings. The Morgan fingerprint density at radius 1 is 1.33 bits per heavy atom. The highest BCUT2D eigenvalue weighted by molar-refractivity contribution is 8.03. The number of carbonyl (C=O) groups excluding carboxylic acids is 4. The van der Waals surface area contributed by atoms with E-state index < -0.39 is 41.8 Å². The zero-order valence-electron chi connectivity index (χ0n) is 19.3. The van der Waals surface area contributed by atoms with Gasteiger partial charge < -0.3 is 30.3 Å². The Bertz CT molecular complexity index is 905. The van der Waals surface area contributed by atoms with Gasteiger partial charge in [-0.2, -0.15) is 0 Å². The molecular weight excluding hydrogens is 452 g/mol. The molecule has 6 atom stereocenters. The summed E-state index contributed by atoms with van der Waals surface area (Å²) in [5.74, 6) is -4.50. The third-order valence-electron chi connectivity index (χ3n) is 6.27. The molecule has 0 bridgehead atoms. The van der Waals surface area contributed by atoms with Crippen molar-refractivity contribution in [3.8, 4) is 0 Å². The van der Waals surface area contributed by atoms with Gasteiger partial charge in [-0.1, -0.05) is 6.92 Å². The van der Waals surface area contributed by atoms with Gasteiger partial charge in [-0.15, -0.1) is 11.8 Å². The summed E-state index contributed by atoms with van der Waals surface area (Å²) in [5.41, 5.74) is -0.0370. The number of rotatable bonds is 7. The SMILES string of the molecule is CCOC(=O)C(=O)N[C@H](C)[C@H]1C(=O)N2C(C(=O)O)=C(S[C@@H]3CN[C@H](C(=O)N(C)C)C3)[C@H](C)[C@H]12. The van der Waals surface area contributed by atoms with Crippen molar-refractivity contribution in [3.63, 3.8) is 0 Å². The van der Waals surface area contributed by atoms with Crippen molar-refractivity contribution >= 4 is 41.4 Å². The van der Waals surface area contributed by atoms with E-state index in [4.69, 9.17) is 0 Å². The molecule has 0 saturated carbocycles. The van der Waals surface area contributed by atoms with Crippen molar-refractivity contribution in [1.82, 2.24) is 20.4 Å². The molecule has 12 heteroatoms. The van der Waals surface area contributed by atoms with Gasteiger partial charge in [-0.25, -0.2) is 9.59 Å². The monoisotopic (exact) mass is 482 g/mol. The molecule has 0 radical (unpaired) electrons. The van der Waals surface area contributed by atoms with E-state index in [1.807, 2.05) is 6.92 Å². The van der Waals surface area contributed by atoms with Crippen molar-refractivity contribution in [2.24, 2.45) is 11.8 Å². The number of carboxylic acids is 1. The topological polar surface area (TPSA) is 145 Å². The highest BCUT2D eigenvalue weighted by atomic mass is 32.2. The van der Waals surface area contributed by atoms with Crippen LogP contribution in [0.5, 0.6) is 0 Å². The van der Waals surface area contributed by atoms with Crippen molar-refractivity contribution in [3.05, 3.63) is 10.6 Å². The Morgan fingerprint density at radius 2 is 2.00 bits per heavy atom. The van der Waals surface area contributed by atoms with E-state index in [2.05, 4.69) is 15.4 Å². The number of amides is 3. The standard InChI is InChI=1S/C21H30N4O7S/c1-6-32-21(31)17(26)23-10(3)13-14-9(2)16(15(20(29)30)25(14)19(13)28)33-11-7-12(22-8-11)18(27)24(4)5/h9-14,22H,6-8H2,1-5H3,(H,23,26)(H,29,30)/t9-,10-,11+,12+,13-,14-/m1/s1. The van der Waals surface area contributed by atoms with Gasteiger partial charge in [-0.05, 0) is 20.3 Å². The number of esters is 1. The van der Waals surface area contributed by atoms with E-state index in [0.717, 1.165) is 0 Å². The van der Waals surface area contributed by atoms with Crippen molar-refractivity contribution in [2.45, 2.75) is 50.6 Å². The maximum absolute atomic E-state index is 12.9. The van der Waals surface area contributed by atoms with Gasteiger partial charge in [0.1, 0.15) is 5.70 Å². The zero-order chi connectivity index (χ0) is 24.6. The first kappa shape index (κ1) is 25.0. The van der Waals surface area contributed by atoms with Gasteiger partial charge in [-0.3, -0.25) is 14.4 Å². The van der Waals surface area contributed by atoms with E-state index in [1.54, 1.807) is 27.9 Å². The zero-order valence-corrected chi connectivity index (χ0v) is 20.1. The average molecular weight is 483 g/mol. The molecule has 33 heavy (non-hydrogen) atoms. The van der Waals surface area contributed by atoms with Crippen LogP contribution in [0.3, 0.4) is 0 Å². The fourth-order valence-electron chi connectivity index (χ4n) is 4.72. The number of β-lactam (4-membered cyclic amide) rings is 1. The number of hydrogen-bond acceptors (Lipinski definition) is 8. The molecule has 3 amide bonds. The Balaban J connectivity index is 1.73. The Kier molecular flexibility index (Phi) is 7.37. The number of hydrogen-bond donors (Lipinski definition) is 3. The number of nitrogens with one attached hydrogen (secondary N) is 2. The number of fused-ring (bicyclic) bond motifs is 1. The molecule has 0 aliphatic carbocycles. The average Bonchev–Trinajstić information content (AvgIpc) is 3.29. The van der Waals surface area contributed by atoms with E-state index >= 15 is 0 Å². The van der Waals surface area contributed by atoms with E-state index in [-0.39, 0.29) is 35.4 Å². The fourth-order valence-corrected chi connectivity index (χ4v) is 6.20. The van der Waals surface area contributed by atoms with Crippen molar-refractivity contribution < 1.29 is 33.8 Å². The number of aliphatic carboxylic acids is 1. The molecule has 11 nitrogen and oxygen atoms in total. The van der Waals surface area contributed by atoms with Crippen molar-refractivity contribution in [2.75, 3.05) is 27.2 Å². The summed E-state index contributed by atoms with van der Waals surface area (Å²) in [6.07, 6.45) is 0.554. The van der Waals surface area contributed by atoms with E-state index in [0.29, 0.717) is 17.9 Å². The Morgan fingerprint density at radius 3 is 2.58 bits per heavy atom.